The van der Waals surface area contributed by atoms with Gasteiger partial charge >= 0.3 is 18.2 Å². The largest absolute Gasteiger partial charge is 0.480 e. The first-order valence-corrected chi connectivity index (χ1v) is 8.06. The minimum absolute atomic E-state index is 0.0953. The molecular weight excluding hydrogens is 352 g/mol. The first-order chi connectivity index (χ1) is 11.7. The zero-order valence-corrected chi connectivity index (χ0v) is 14.2. The lowest BCUT2D eigenvalue weighted by molar-refractivity contribution is -0.147. The van der Waals surface area contributed by atoms with Crippen molar-refractivity contribution in [3.05, 3.63) is 34.3 Å². The van der Waals surface area contributed by atoms with E-state index >= 15 is 0 Å². The van der Waals surface area contributed by atoms with Crippen molar-refractivity contribution in [3.8, 4) is 0 Å². The van der Waals surface area contributed by atoms with Crippen LogP contribution in [0.1, 0.15) is 24.5 Å². The summed E-state index contributed by atoms with van der Waals surface area (Å²) in [5.74, 6) is -1.27. The van der Waals surface area contributed by atoms with Crippen molar-refractivity contribution in [3.63, 3.8) is 0 Å². The summed E-state index contributed by atoms with van der Waals surface area (Å²) in [4.78, 5) is 37.4. The number of aliphatic carboxylic acids is 1. The van der Waals surface area contributed by atoms with Gasteiger partial charge in [-0.2, -0.15) is 0 Å². The van der Waals surface area contributed by atoms with Crippen LogP contribution >= 0.6 is 11.6 Å². The molecule has 2 N–H and O–H groups in total. The number of carbonyl (C=O) groups excluding carboxylic acids is 1. The summed E-state index contributed by atoms with van der Waals surface area (Å²) in [6.07, 6.45) is -2.88. The first-order valence-electron chi connectivity index (χ1n) is 7.68. The molecule has 8 nitrogen and oxygen atoms in total. The van der Waals surface area contributed by atoms with Gasteiger partial charge in [-0.3, -0.25) is 9.80 Å². The molecule has 1 fully saturated rings. The fourth-order valence-corrected chi connectivity index (χ4v) is 3.58. The van der Waals surface area contributed by atoms with Crippen LogP contribution < -0.4 is 0 Å². The Morgan fingerprint density at radius 1 is 1.28 bits per heavy atom. The molecule has 134 valence electrons. The van der Waals surface area contributed by atoms with Gasteiger partial charge in [-0.25, -0.2) is 14.4 Å². The number of carboxylic acid groups (broad SMARTS) is 2. The van der Waals surface area contributed by atoms with E-state index in [2.05, 4.69) is 0 Å². The predicted molar refractivity (Wildman–Crippen MR) is 86.4 cm³/mol. The van der Waals surface area contributed by atoms with Crippen LogP contribution in [-0.4, -0.2) is 56.4 Å². The lowest BCUT2D eigenvalue weighted by atomic mass is 9.99. The fraction of sp³-hybridized carbons (Fsp3) is 0.438. The molecule has 3 rings (SSSR count). The van der Waals surface area contributed by atoms with Crippen molar-refractivity contribution in [2.75, 3.05) is 6.54 Å². The minimum Gasteiger partial charge on any atom is -0.480 e. The summed E-state index contributed by atoms with van der Waals surface area (Å²) < 4.78 is 5.37. The number of hydrogen-bond acceptors (Lipinski definition) is 4. The molecule has 0 spiro atoms. The van der Waals surface area contributed by atoms with E-state index in [1.807, 2.05) is 6.07 Å². The van der Waals surface area contributed by atoms with Crippen LogP contribution in [0.3, 0.4) is 0 Å². The second-order valence-electron chi connectivity index (χ2n) is 6.42. The normalized spacial score (nSPS) is 25.0. The highest BCUT2D eigenvalue weighted by Crippen LogP contribution is 2.33. The number of carboxylic acids is 1. The number of carbonyl (C=O) groups is 3. The SMILES string of the molecule is C[C@@]1(C(=O)O)C[C@@H](OC(=O)N2Cc3cccc(Cl)c3C2)CN1C(=O)O. The average molecular weight is 369 g/mol. The van der Waals surface area contributed by atoms with Crippen LogP contribution in [-0.2, 0) is 22.6 Å². The molecule has 1 saturated heterocycles. The maximum Gasteiger partial charge on any atom is 0.410 e. The molecule has 0 aromatic heterocycles. The Morgan fingerprint density at radius 3 is 2.56 bits per heavy atom. The van der Waals surface area contributed by atoms with Gasteiger partial charge in [0.2, 0.25) is 0 Å². The van der Waals surface area contributed by atoms with Crippen LogP contribution in [0.25, 0.3) is 0 Å². The Balaban J connectivity index is 1.68. The monoisotopic (exact) mass is 368 g/mol. The number of fused-ring (bicyclic) bond motifs is 1. The molecule has 2 aliphatic heterocycles. The van der Waals surface area contributed by atoms with Crippen LogP contribution in [0.5, 0.6) is 0 Å². The fourth-order valence-electron chi connectivity index (χ4n) is 3.32. The predicted octanol–water partition coefficient (Wildman–Crippen LogP) is 2.39. The van der Waals surface area contributed by atoms with E-state index in [4.69, 9.17) is 16.3 Å². The molecule has 2 amide bonds. The molecule has 0 saturated carbocycles. The summed E-state index contributed by atoms with van der Waals surface area (Å²) in [5, 5.41) is 19.1. The Morgan fingerprint density at radius 2 is 2.00 bits per heavy atom. The second kappa shape index (κ2) is 6.11. The molecule has 1 aromatic carbocycles. The number of likely N-dealkylation sites (tertiary alicyclic amines) is 1. The van der Waals surface area contributed by atoms with Crippen LogP contribution in [0, 0.1) is 0 Å². The number of rotatable bonds is 2. The maximum atomic E-state index is 12.4. The molecule has 0 bridgehead atoms. The van der Waals surface area contributed by atoms with Gasteiger partial charge in [-0.05, 0) is 24.1 Å². The van der Waals surface area contributed by atoms with Crippen molar-refractivity contribution in [1.82, 2.24) is 9.80 Å². The molecule has 25 heavy (non-hydrogen) atoms. The minimum atomic E-state index is -1.62. The molecular formula is C16H17ClN2O6. The van der Waals surface area contributed by atoms with Crippen molar-refractivity contribution in [2.45, 2.75) is 38.1 Å². The number of ether oxygens (including phenoxy) is 1. The number of hydrogen-bond donors (Lipinski definition) is 2. The molecule has 2 atom stereocenters. The van der Waals surface area contributed by atoms with Gasteiger partial charge in [0.1, 0.15) is 11.6 Å². The van der Waals surface area contributed by atoms with Crippen molar-refractivity contribution in [1.29, 1.82) is 0 Å². The zero-order chi connectivity index (χ0) is 18.4. The van der Waals surface area contributed by atoms with Gasteiger partial charge in [0.15, 0.2) is 0 Å². The highest BCUT2D eigenvalue weighted by molar-refractivity contribution is 6.31. The second-order valence-corrected chi connectivity index (χ2v) is 6.82. The average Bonchev–Trinajstić information content (AvgIpc) is 3.10. The van der Waals surface area contributed by atoms with E-state index in [0.29, 0.717) is 18.1 Å². The third-order valence-electron chi connectivity index (χ3n) is 4.75. The molecule has 2 heterocycles. The standard InChI is InChI=1S/C16H17ClN2O6/c1-16(13(20)21)5-10(7-19(16)14(22)23)25-15(24)18-6-9-3-2-4-12(17)11(9)8-18/h2-4,10H,5-8H2,1H3,(H,20,21)(H,22,23)/t10-,16+/m1/s1. The van der Waals surface area contributed by atoms with Crippen LogP contribution in [0.15, 0.2) is 18.2 Å². The van der Waals surface area contributed by atoms with Gasteiger partial charge in [0.05, 0.1) is 13.1 Å². The van der Waals surface area contributed by atoms with Crippen LogP contribution in [0.2, 0.25) is 5.02 Å². The topological polar surface area (TPSA) is 107 Å². The van der Waals surface area contributed by atoms with E-state index in [9.17, 15) is 24.6 Å². The summed E-state index contributed by atoms with van der Waals surface area (Å²) in [6, 6.07) is 5.42. The van der Waals surface area contributed by atoms with Crippen molar-refractivity contribution in [2.24, 2.45) is 0 Å². The number of halogens is 1. The summed E-state index contributed by atoms with van der Waals surface area (Å²) >= 11 is 6.12. The van der Waals surface area contributed by atoms with Gasteiger partial charge in [0.25, 0.3) is 0 Å². The van der Waals surface area contributed by atoms with Gasteiger partial charge in [0, 0.05) is 18.0 Å². The first kappa shape index (κ1) is 17.3. The highest BCUT2D eigenvalue weighted by Gasteiger charge is 2.52. The third-order valence-corrected chi connectivity index (χ3v) is 5.10. The quantitative estimate of drug-likeness (QED) is 0.829. The number of amides is 2. The smallest absolute Gasteiger partial charge is 0.410 e. The van der Waals surface area contributed by atoms with Gasteiger partial charge in [-0.1, -0.05) is 23.7 Å². The van der Waals surface area contributed by atoms with E-state index in [1.54, 1.807) is 12.1 Å². The lowest BCUT2D eigenvalue weighted by Gasteiger charge is -2.27. The van der Waals surface area contributed by atoms with E-state index in [-0.39, 0.29) is 13.0 Å². The molecule has 2 aliphatic rings. The Labute approximate surface area is 148 Å². The number of benzene rings is 1. The zero-order valence-electron chi connectivity index (χ0n) is 13.4. The Hall–Kier alpha value is -2.48. The molecule has 1 aromatic rings. The van der Waals surface area contributed by atoms with Gasteiger partial charge in [-0.15, -0.1) is 0 Å². The van der Waals surface area contributed by atoms with Crippen molar-refractivity contribution >= 4 is 29.8 Å². The third kappa shape index (κ3) is 2.97. The summed E-state index contributed by atoms with van der Waals surface area (Å²) in [7, 11) is 0. The molecule has 0 aliphatic carbocycles. The van der Waals surface area contributed by atoms with Gasteiger partial charge < -0.3 is 14.9 Å². The Bertz CT molecular complexity index is 754. The lowest BCUT2D eigenvalue weighted by Crippen LogP contribution is -2.50. The molecule has 9 heteroatoms. The van der Waals surface area contributed by atoms with E-state index < -0.39 is 29.8 Å². The van der Waals surface area contributed by atoms with Crippen molar-refractivity contribution < 1.29 is 29.3 Å². The van der Waals surface area contributed by atoms with Crippen LogP contribution in [0.4, 0.5) is 9.59 Å². The van der Waals surface area contributed by atoms with E-state index in [0.717, 1.165) is 16.0 Å². The number of nitrogens with zero attached hydrogens (tertiary/aromatic N) is 2. The Kier molecular flexibility index (Phi) is 4.24. The molecule has 0 unspecified atom stereocenters. The maximum absolute atomic E-state index is 12.4. The summed E-state index contributed by atoms with van der Waals surface area (Å²) in [5.41, 5.74) is 0.169. The highest BCUT2D eigenvalue weighted by atomic mass is 35.5. The molecule has 0 radical (unpaired) electrons. The summed E-state index contributed by atoms with van der Waals surface area (Å²) in [6.45, 7) is 1.79. The van der Waals surface area contributed by atoms with E-state index in [1.165, 1.54) is 11.8 Å².